The third-order valence-corrected chi connectivity index (χ3v) is 6.06. The van der Waals surface area contributed by atoms with Crippen LogP contribution in [0.3, 0.4) is 0 Å². The van der Waals surface area contributed by atoms with Crippen molar-refractivity contribution in [3.63, 3.8) is 0 Å². The maximum Gasteiger partial charge on any atom is 0.335 e. The number of unbranched alkanes of at least 4 members (excludes halogenated alkanes) is 16. The number of carboxylic acid groups (broad SMARTS) is 2. The SMILES string of the molecule is CCCCCCCCCCCCCCCCCCCO.Cc1c(C(=O)O)cccc1C(=O)O. The Kier molecular flexibility index (Phi) is 20.7. The van der Waals surface area contributed by atoms with E-state index < -0.39 is 11.9 Å². The number of hydrogen-bond acceptors (Lipinski definition) is 3. The summed E-state index contributed by atoms with van der Waals surface area (Å²) in [7, 11) is 0. The minimum absolute atomic E-state index is 0.0277. The standard InChI is InChI=1S/C19H40O.C9H8O4/c1-2-3-4-5-6-7-8-9-10-11-12-13-14-15-16-17-18-19-20;1-5-6(8(10)11)3-2-4-7(5)9(12)13/h20H,2-19H2,1H3;2-4H,1H3,(H,10,11)(H,12,13). The minimum Gasteiger partial charge on any atom is -0.478 e. The largest absolute Gasteiger partial charge is 0.478 e. The molecule has 0 heterocycles. The molecule has 0 bridgehead atoms. The third-order valence-electron chi connectivity index (χ3n) is 6.06. The zero-order valence-corrected chi connectivity index (χ0v) is 21.1. The van der Waals surface area contributed by atoms with E-state index in [0.717, 1.165) is 6.42 Å². The van der Waals surface area contributed by atoms with Crippen LogP contribution in [0.15, 0.2) is 18.2 Å². The van der Waals surface area contributed by atoms with Crippen molar-refractivity contribution in [1.29, 1.82) is 0 Å². The Morgan fingerprint density at radius 2 is 0.909 bits per heavy atom. The van der Waals surface area contributed by atoms with Crippen LogP contribution in [0.2, 0.25) is 0 Å². The summed E-state index contributed by atoms with van der Waals surface area (Å²) in [4.78, 5) is 21.2. The molecule has 190 valence electrons. The Morgan fingerprint density at radius 3 is 1.18 bits per heavy atom. The summed E-state index contributed by atoms with van der Waals surface area (Å²) in [6.07, 6.45) is 23.7. The molecule has 0 saturated carbocycles. The zero-order chi connectivity index (χ0) is 24.7. The highest BCUT2D eigenvalue weighted by atomic mass is 16.4. The van der Waals surface area contributed by atoms with Crippen molar-refractivity contribution >= 4 is 11.9 Å². The Bertz CT molecular complexity index is 576. The van der Waals surface area contributed by atoms with E-state index in [1.807, 2.05) is 0 Å². The molecule has 0 fully saturated rings. The van der Waals surface area contributed by atoms with Crippen LogP contribution >= 0.6 is 0 Å². The number of hydrogen-bond donors (Lipinski definition) is 3. The number of benzene rings is 1. The van der Waals surface area contributed by atoms with Crippen LogP contribution in [0.4, 0.5) is 0 Å². The first-order valence-electron chi connectivity index (χ1n) is 13.1. The average Bonchev–Trinajstić information content (AvgIpc) is 2.79. The number of carboxylic acids is 2. The summed E-state index contributed by atoms with van der Waals surface area (Å²) in [5.41, 5.74) is 0.335. The van der Waals surface area contributed by atoms with Crippen LogP contribution in [0.5, 0.6) is 0 Å². The van der Waals surface area contributed by atoms with Gasteiger partial charge in [-0.05, 0) is 31.0 Å². The van der Waals surface area contributed by atoms with Crippen molar-refractivity contribution in [3.8, 4) is 0 Å². The highest BCUT2D eigenvalue weighted by Crippen LogP contribution is 2.14. The maximum atomic E-state index is 10.6. The lowest BCUT2D eigenvalue weighted by Gasteiger charge is -2.03. The molecule has 1 aromatic carbocycles. The van der Waals surface area contributed by atoms with Crippen molar-refractivity contribution in [2.75, 3.05) is 6.61 Å². The Labute approximate surface area is 201 Å². The molecule has 1 aromatic rings. The summed E-state index contributed by atoms with van der Waals surface area (Å²) in [6.45, 7) is 4.14. The first kappa shape index (κ1) is 31.1. The molecule has 0 saturated heterocycles. The number of rotatable bonds is 19. The maximum absolute atomic E-state index is 10.6. The molecule has 0 aliphatic carbocycles. The molecule has 0 aliphatic heterocycles. The summed E-state index contributed by atoms with van der Waals surface area (Å²) in [5, 5.41) is 26.0. The van der Waals surface area contributed by atoms with Gasteiger partial charge in [-0.3, -0.25) is 0 Å². The van der Waals surface area contributed by atoms with Gasteiger partial charge in [-0.15, -0.1) is 0 Å². The zero-order valence-electron chi connectivity index (χ0n) is 21.1. The predicted octanol–water partition coefficient (Wildman–Crippen LogP) is 8.02. The van der Waals surface area contributed by atoms with Crippen LogP contribution in [-0.4, -0.2) is 33.9 Å². The lowest BCUT2D eigenvalue weighted by molar-refractivity contribution is 0.0696. The summed E-state index contributed by atoms with van der Waals surface area (Å²) in [5.74, 6) is -2.22. The van der Waals surface area contributed by atoms with E-state index in [0.29, 0.717) is 6.61 Å². The van der Waals surface area contributed by atoms with E-state index in [4.69, 9.17) is 15.3 Å². The molecule has 0 radical (unpaired) electrons. The lowest BCUT2D eigenvalue weighted by Crippen LogP contribution is -2.06. The van der Waals surface area contributed by atoms with Crippen LogP contribution in [0, 0.1) is 6.92 Å². The van der Waals surface area contributed by atoms with Crippen molar-refractivity contribution in [2.45, 2.75) is 123 Å². The van der Waals surface area contributed by atoms with Crippen molar-refractivity contribution in [3.05, 3.63) is 34.9 Å². The van der Waals surface area contributed by atoms with Gasteiger partial charge in [-0.2, -0.15) is 0 Å². The predicted molar refractivity (Wildman–Crippen MR) is 136 cm³/mol. The van der Waals surface area contributed by atoms with Gasteiger partial charge in [0.1, 0.15) is 0 Å². The van der Waals surface area contributed by atoms with Crippen LogP contribution in [0.1, 0.15) is 142 Å². The number of carbonyl (C=O) groups is 2. The molecular formula is C28H48O5. The second-order valence-corrected chi connectivity index (χ2v) is 8.97. The van der Waals surface area contributed by atoms with Gasteiger partial charge in [0.15, 0.2) is 0 Å². The second-order valence-electron chi connectivity index (χ2n) is 8.97. The van der Waals surface area contributed by atoms with Gasteiger partial charge in [-0.1, -0.05) is 116 Å². The fourth-order valence-electron chi connectivity index (χ4n) is 3.94. The quantitative estimate of drug-likeness (QED) is 0.180. The van der Waals surface area contributed by atoms with Gasteiger partial charge in [0.25, 0.3) is 0 Å². The molecule has 1 rings (SSSR count). The summed E-state index contributed by atoms with van der Waals surface area (Å²) >= 11 is 0. The lowest BCUT2D eigenvalue weighted by atomic mass is 10.0. The Balaban J connectivity index is 0.000000676. The summed E-state index contributed by atoms with van der Waals surface area (Å²) < 4.78 is 0. The molecule has 5 nitrogen and oxygen atoms in total. The average molecular weight is 465 g/mol. The van der Waals surface area contributed by atoms with Crippen LogP contribution in [0.25, 0.3) is 0 Å². The van der Waals surface area contributed by atoms with E-state index in [1.54, 1.807) is 0 Å². The van der Waals surface area contributed by atoms with E-state index in [-0.39, 0.29) is 16.7 Å². The highest BCUT2D eigenvalue weighted by Gasteiger charge is 2.13. The Morgan fingerprint density at radius 1 is 0.606 bits per heavy atom. The van der Waals surface area contributed by atoms with E-state index in [1.165, 1.54) is 128 Å². The second kappa shape index (κ2) is 21.9. The molecule has 3 N–H and O–H groups in total. The monoisotopic (exact) mass is 464 g/mol. The molecule has 0 spiro atoms. The van der Waals surface area contributed by atoms with Gasteiger partial charge >= 0.3 is 11.9 Å². The molecule has 0 amide bonds. The smallest absolute Gasteiger partial charge is 0.335 e. The number of aromatic carboxylic acids is 2. The van der Waals surface area contributed by atoms with Crippen LogP contribution in [-0.2, 0) is 0 Å². The van der Waals surface area contributed by atoms with Crippen molar-refractivity contribution in [2.24, 2.45) is 0 Å². The highest BCUT2D eigenvalue weighted by molar-refractivity contribution is 5.96. The van der Waals surface area contributed by atoms with Crippen molar-refractivity contribution in [1.82, 2.24) is 0 Å². The van der Waals surface area contributed by atoms with E-state index >= 15 is 0 Å². The number of aliphatic hydroxyl groups excluding tert-OH is 1. The van der Waals surface area contributed by atoms with Gasteiger partial charge in [-0.25, -0.2) is 9.59 Å². The van der Waals surface area contributed by atoms with Gasteiger partial charge in [0, 0.05) is 6.61 Å². The first-order valence-corrected chi connectivity index (χ1v) is 13.1. The molecule has 33 heavy (non-hydrogen) atoms. The molecule has 0 atom stereocenters. The summed E-state index contributed by atoms with van der Waals surface area (Å²) in [6, 6.07) is 4.17. The molecule has 5 heteroatoms. The molecular weight excluding hydrogens is 416 g/mol. The Hall–Kier alpha value is -1.88. The normalized spacial score (nSPS) is 10.5. The van der Waals surface area contributed by atoms with Crippen molar-refractivity contribution < 1.29 is 24.9 Å². The van der Waals surface area contributed by atoms with Gasteiger partial charge < -0.3 is 15.3 Å². The first-order chi connectivity index (χ1) is 16.0. The fourth-order valence-corrected chi connectivity index (χ4v) is 3.94. The molecule has 0 aliphatic rings. The molecule has 0 unspecified atom stereocenters. The topological polar surface area (TPSA) is 94.8 Å². The van der Waals surface area contributed by atoms with E-state index in [9.17, 15) is 9.59 Å². The van der Waals surface area contributed by atoms with Gasteiger partial charge in [0.05, 0.1) is 11.1 Å². The van der Waals surface area contributed by atoms with Crippen LogP contribution < -0.4 is 0 Å². The molecule has 0 aromatic heterocycles. The fraction of sp³-hybridized carbons (Fsp3) is 0.714. The van der Waals surface area contributed by atoms with Gasteiger partial charge in [0.2, 0.25) is 0 Å². The minimum atomic E-state index is -1.11. The van der Waals surface area contributed by atoms with E-state index in [2.05, 4.69) is 6.92 Å². The number of aliphatic hydroxyl groups is 1. The third kappa shape index (κ3) is 17.3.